The van der Waals surface area contributed by atoms with E-state index in [1.807, 2.05) is 18.2 Å². The summed E-state index contributed by atoms with van der Waals surface area (Å²) in [4.78, 5) is 25.4. The van der Waals surface area contributed by atoms with E-state index in [2.05, 4.69) is 4.74 Å². The van der Waals surface area contributed by atoms with E-state index in [9.17, 15) is 9.59 Å². The van der Waals surface area contributed by atoms with Gasteiger partial charge in [-0.15, -0.1) is 11.8 Å². The molecule has 1 aromatic rings. The van der Waals surface area contributed by atoms with Gasteiger partial charge in [0.25, 0.3) is 0 Å². The Balaban J connectivity index is 2.26. The predicted octanol–water partition coefficient (Wildman–Crippen LogP) is 1.47. The SMILES string of the molecule is COC(=O)Cc1ccc2c(c1)SCC(=O)N2C. The summed E-state index contributed by atoms with van der Waals surface area (Å²) in [5, 5.41) is 0. The van der Waals surface area contributed by atoms with Crippen molar-refractivity contribution >= 4 is 29.3 Å². The Bertz CT molecular complexity index is 473. The van der Waals surface area contributed by atoms with Crippen LogP contribution in [-0.4, -0.2) is 31.8 Å². The summed E-state index contributed by atoms with van der Waals surface area (Å²) in [5.41, 5.74) is 1.81. The van der Waals surface area contributed by atoms with Crippen LogP contribution in [0.25, 0.3) is 0 Å². The van der Waals surface area contributed by atoms with Crippen LogP contribution in [0.1, 0.15) is 5.56 Å². The van der Waals surface area contributed by atoms with Gasteiger partial charge in [0.15, 0.2) is 0 Å². The van der Waals surface area contributed by atoms with E-state index in [0.29, 0.717) is 5.75 Å². The first-order chi connectivity index (χ1) is 8.11. The molecule has 90 valence electrons. The largest absolute Gasteiger partial charge is 0.469 e. The highest BCUT2D eigenvalue weighted by atomic mass is 32.2. The number of esters is 1. The Kier molecular flexibility index (Phi) is 3.38. The molecule has 0 radical (unpaired) electrons. The van der Waals surface area contributed by atoms with Crippen molar-refractivity contribution in [3.05, 3.63) is 23.8 Å². The minimum absolute atomic E-state index is 0.100. The van der Waals surface area contributed by atoms with Crippen LogP contribution in [-0.2, 0) is 20.7 Å². The molecule has 0 unspecified atom stereocenters. The first kappa shape index (κ1) is 12.0. The van der Waals surface area contributed by atoms with Crippen LogP contribution >= 0.6 is 11.8 Å². The summed E-state index contributed by atoms with van der Waals surface area (Å²) in [5.74, 6) is 0.295. The molecule has 0 bridgehead atoms. The first-order valence-corrected chi connectivity index (χ1v) is 6.19. The molecule has 0 spiro atoms. The van der Waals surface area contributed by atoms with Gasteiger partial charge in [0, 0.05) is 11.9 Å². The van der Waals surface area contributed by atoms with Crippen molar-refractivity contribution in [2.24, 2.45) is 0 Å². The Morgan fingerprint density at radius 1 is 1.53 bits per heavy atom. The maximum Gasteiger partial charge on any atom is 0.309 e. The highest BCUT2D eigenvalue weighted by molar-refractivity contribution is 8.00. The number of thioether (sulfide) groups is 1. The summed E-state index contributed by atoms with van der Waals surface area (Å²) in [6, 6.07) is 5.67. The van der Waals surface area contributed by atoms with E-state index in [1.165, 1.54) is 18.9 Å². The summed E-state index contributed by atoms with van der Waals surface area (Å²) in [6.45, 7) is 0. The smallest absolute Gasteiger partial charge is 0.309 e. The van der Waals surface area contributed by atoms with Crippen molar-refractivity contribution in [3.63, 3.8) is 0 Å². The van der Waals surface area contributed by atoms with Crippen molar-refractivity contribution in [2.75, 3.05) is 24.8 Å². The van der Waals surface area contributed by atoms with Crippen LogP contribution in [0.3, 0.4) is 0 Å². The number of rotatable bonds is 2. The number of ether oxygens (including phenoxy) is 1. The van der Waals surface area contributed by atoms with Gasteiger partial charge in [0.1, 0.15) is 0 Å². The standard InChI is InChI=1S/C12H13NO3S/c1-13-9-4-3-8(6-12(15)16-2)5-10(9)17-7-11(13)14/h3-5H,6-7H2,1-2H3. The van der Waals surface area contributed by atoms with Gasteiger partial charge in [-0.05, 0) is 17.7 Å². The molecule has 4 nitrogen and oxygen atoms in total. The van der Waals surface area contributed by atoms with Gasteiger partial charge in [-0.3, -0.25) is 9.59 Å². The predicted molar refractivity (Wildman–Crippen MR) is 66.3 cm³/mol. The maximum atomic E-state index is 11.5. The van der Waals surface area contributed by atoms with Gasteiger partial charge in [-0.25, -0.2) is 0 Å². The number of benzene rings is 1. The number of amides is 1. The van der Waals surface area contributed by atoms with Gasteiger partial charge in [-0.2, -0.15) is 0 Å². The van der Waals surface area contributed by atoms with E-state index >= 15 is 0 Å². The maximum absolute atomic E-state index is 11.5. The monoisotopic (exact) mass is 251 g/mol. The minimum Gasteiger partial charge on any atom is -0.469 e. The Morgan fingerprint density at radius 3 is 3.00 bits per heavy atom. The van der Waals surface area contributed by atoms with Gasteiger partial charge >= 0.3 is 5.97 Å². The Morgan fingerprint density at radius 2 is 2.29 bits per heavy atom. The van der Waals surface area contributed by atoms with Gasteiger partial charge in [0.05, 0.1) is 25.0 Å². The second-order valence-electron chi connectivity index (χ2n) is 3.80. The number of nitrogens with zero attached hydrogens (tertiary/aromatic N) is 1. The molecular formula is C12H13NO3S. The molecular weight excluding hydrogens is 238 g/mol. The van der Waals surface area contributed by atoms with Crippen LogP contribution in [0, 0.1) is 0 Å². The second-order valence-corrected chi connectivity index (χ2v) is 4.81. The molecule has 1 aliphatic rings. The molecule has 0 aliphatic carbocycles. The number of methoxy groups -OCH3 is 1. The minimum atomic E-state index is -0.254. The highest BCUT2D eigenvalue weighted by Gasteiger charge is 2.21. The first-order valence-electron chi connectivity index (χ1n) is 5.21. The van der Waals surface area contributed by atoms with Gasteiger partial charge in [-0.1, -0.05) is 6.07 Å². The zero-order valence-electron chi connectivity index (χ0n) is 9.73. The average Bonchev–Trinajstić information content (AvgIpc) is 2.34. The number of anilines is 1. The molecule has 0 fully saturated rings. The average molecular weight is 251 g/mol. The summed E-state index contributed by atoms with van der Waals surface area (Å²) >= 11 is 1.51. The molecule has 1 aliphatic heterocycles. The number of carbonyl (C=O) groups is 2. The van der Waals surface area contributed by atoms with Gasteiger partial charge < -0.3 is 9.64 Å². The van der Waals surface area contributed by atoms with E-state index in [-0.39, 0.29) is 18.3 Å². The topological polar surface area (TPSA) is 46.6 Å². The number of hydrogen-bond acceptors (Lipinski definition) is 4. The fourth-order valence-corrected chi connectivity index (χ4v) is 2.73. The third kappa shape index (κ3) is 2.44. The highest BCUT2D eigenvalue weighted by Crippen LogP contribution is 2.35. The van der Waals surface area contributed by atoms with E-state index in [1.54, 1.807) is 11.9 Å². The van der Waals surface area contributed by atoms with Gasteiger partial charge in [0.2, 0.25) is 5.91 Å². The normalized spacial score (nSPS) is 14.5. The number of fused-ring (bicyclic) bond motifs is 1. The molecule has 17 heavy (non-hydrogen) atoms. The van der Waals surface area contributed by atoms with Crippen molar-refractivity contribution in [2.45, 2.75) is 11.3 Å². The van der Waals surface area contributed by atoms with E-state index in [0.717, 1.165) is 16.1 Å². The lowest BCUT2D eigenvalue weighted by Gasteiger charge is -2.25. The Labute approximate surface area is 104 Å². The number of hydrogen-bond donors (Lipinski definition) is 0. The molecule has 2 rings (SSSR count). The van der Waals surface area contributed by atoms with Crippen LogP contribution in [0.5, 0.6) is 0 Å². The zero-order chi connectivity index (χ0) is 12.4. The third-order valence-electron chi connectivity index (χ3n) is 2.69. The van der Waals surface area contributed by atoms with Crippen LogP contribution < -0.4 is 4.90 Å². The quantitative estimate of drug-likeness (QED) is 0.747. The van der Waals surface area contributed by atoms with E-state index < -0.39 is 0 Å². The fraction of sp³-hybridized carbons (Fsp3) is 0.333. The molecule has 1 amide bonds. The number of carbonyl (C=O) groups excluding carboxylic acids is 2. The zero-order valence-corrected chi connectivity index (χ0v) is 10.5. The fourth-order valence-electron chi connectivity index (χ4n) is 1.67. The third-order valence-corrected chi connectivity index (χ3v) is 3.72. The van der Waals surface area contributed by atoms with Crippen molar-refractivity contribution in [3.8, 4) is 0 Å². The second kappa shape index (κ2) is 4.79. The van der Waals surface area contributed by atoms with Crippen molar-refractivity contribution in [1.82, 2.24) is 0 Å². The molecule has 0 N–H and O–H groups in total. The Hall–Kier alpha value is -1.49. The van der Waals surface area contributed by atoms with Crippen LogP contribution in [0.2, 0.25) is 0 Å². The summed E-state index contributed by atoms with van der Waals surface area (Å²) in [6.07, 6.45) is 0.266. The summed E-state index contributed by atoms with van der Waals surface area (Å²) in [7, 11) is 3.14. The lowest BCUT2D eigenvalue weighted by molar-refractivity contribution is -0.139. The molecule has 0 saturated heterocycles. The lowest BCUT2D eigenvalue weighted by Crippen LogP contribution is -2.31. The molecule has 5 heteroatoms. The van der Waals surface area contributed by atoms with Crippen molar-refractivity contribution in [1.29, 1.82) is 0 Å². The van der Waals surface area contributed by atoms with E-state index in [4.69, 9.17) is 0 Å². The summed E-state index contributed by atoms with van der Waals surface area (Å²) < 4.78 is 4.63. The van der Waals surface area contributed by atoms with Crippen LogP contribution in [0.15, 0.2) is 23.1 Å². The lowest BCUT2D eigenvalue weighted by atomic mass is 10.1. The molecule has 0 saturated carbocycles. The molecule has 0 aromatic heterocycles. The van der Waals surface area contributed by atoms with Crippen LogP contribution in [0.4, 0.5) is 5.69 Å². The molecule has 1 heterocycles. The molecule has 1 aromatic carbocycles. The molecule has 0 atom stereocenters. The van der Waals surface area contributed by atoms with Crippen molar-refractivity contribution < 1.29 is 14.3 Å².